The van der Waals surface area contributed by atoms with Crippen LogP contribution in [-0.2, 0) is 14.3 Å². The molecule has 7 nitrogen and oxygen atoms in total. The molecule has 0 heterocycles. The van der Waals surface area contributed by atoms with E-state index in [1.54, 1.807) is 7.11 Å². The van der Waals surface area contributed by atoms with Gasteiger partial charge in [-0.2, -0.15) is 0 Å². The molecule has 0 aliphatic heterocycles. The predicted molar refractivity (Wildman–Crippen MR) is 70.0 cm³/mol. The van der Waals surface area contributed by atoms with Gasteiger partial charge in [0.25, 0.3) is 0 Å². The molecule has 0 unspecified atom stereocenters. The number of ether oxygens (including phenoxy) is 2. The maximum atomic E-state index is 11.9. The maximum absolute atomic E-state index is 11.9. The average molecular weight is 273 g/mol. The minimum atomic E-state index is -0.760. The third-order valence-electron chi connectivity index (χ3n) is 3.22. The van der Waals surface area contributed by atoms with Crippen molar-refractivity contribution in [1.82, 2.24) is 5.32 Å². The van der Waals surface area contributed by atoms with E-state index < -0.39 is 5.41 Å². The minimum Gasteiger partial charge on any atom is -0.409 e. The molecule has 1 rings (SSSR count). The molecule has 7 heteroatoms. The molecule has 1 aliphatic carbocycles. The van der Waals surface area contributed by atoms with Gasteiger partial charge in [-0.3, -0.25) is 4.79 Å². The lowest BCUT2D eigenvalue weighted by Crippen LogP contribution is -2.41. The van der Waals surface area contributed by atoms with Crippen LogP contribution in [-0.4, -0.2) is 50.4 Å². The molecule has 0 aromatic heterocycles. The van der Waals surface area contributed by atoms with Crippen molar-refractivity contribution in [3.63, 3.8) is 0 Å². The highest BCUT2D eigenvalue weighted by Gasteiger charge is 2.53. The smallest absolute Gasteiger partial charge is 0.233 e. The second-order valence-electron chi connectivity index (χ2n) is 4.64. The summed E-state index contributed by atoms with van der Waals surface area (Å²) in [6.45, 7) is 2.42. The Labute approximate surface area is 113 Å². The Morgan fingerprint density at radius 3 is 2.68 bits per heavy atom. The van der Waals surface area contributed by atoms with Gasteiger partial charge in [0.15, 0.2) is 5.84 Å². The van der Waals surface area contributed by atoms with Crippen molar-refractivity contribution in [2.24, 2.45) is 16.3 Å². The summed E-state index contributed by atoms with van der Waals surface area (Å²) in [6.07, 6.45) is 3.01. The van der Waals surface area contributed by atoms with Gasteiger partial charge in [0.1, 0.15) is 5.41 Å². The third-order valence-corrected chi connectivity index (χ3v) is 3.22. The van der Waals surface area contributed by atoms with Crippen LogP contribution in [0.25, 0.3) is 0 Å². The SMILES string of the molecule is COCCOCCCCNC(=O)C1(C(N)=NO)CC1. The lowest BCUT2D eigenvalue weighted by molar-refractivity contribution is -0.124. The largest absolute Gasteiger partial charge is 0.409 e. The molecule has 1 amide bonds. The summed E-state index contributed by atoms with van der Waals surface area (Å²) in [5.74, 6) is -0.143. The summed E-state index contributed by atoms with van der Waals surface area (Å²) < 4.78 is 10.2. The Morgan fingerprint density at radius 1 is 1.37 bits per heavy atom. The van der Waals surface area contributed by atoms with Crippen LogP contribution in [0.5, 0.6) is 0 Å². The molecule has 0 bridgehead atoms. The van der Waals surface area contributed by atoms with Gasteiger partial charge in [0, 0.05) is 20.3 Å². The van der Waals surface area contributed by atoms with Crippen LogP contribution < -0.4 is 11.1 Å². The quantitative estimate of drug-likeness (QED) is 0.172. The molecule has 0 spiro atoms. The lowest BCUT2D eigenvalue weighted by atomic mass is 10.1. The number of oxime groups is 1. The number of unbranched alkanes of at least 4 members (excludes halogenated alkanes) is 1. The van der Waals surface area contributed by atoms with Gasteiger partial charge >= 0.3 is 0 Å². The minimum absolute atomic E-state index is 0.00731. The number of rotatable bonds is 10. The number of amides is 1. The molecule has 0 saturated heterocycles. The van der Waals surface area contributed by atoms with Crippen LogP contribution in [0.1, 0.15) is 25.7 Å². The number of hydrogen-bond donors (Lipinski definition) is 3. The number of nitrogens with one attached hydrogen (secondary N) is 1. The van der Waals surface area contributed by atoms with E-state index in [4.69, 9.17) is 20.4 Å². The standard InChI is InChI=1S/C12H23N3O4/c1-18-8-9-19-7-3-2-6-14-11(16)12(4-5-12)10(13)15-17/h17H,2-9H2,1H3,(H2,13,15)(H,14,16). The van der Waals surface area contributed by atoms with E-state index in [0.29, 0.717) is 39.2 Å². The van der Waals surface area contributed by atoms with Crippen molar-refractivity contribution < 1.29 is 19.5 Å². The fourth-order valence-corrected chi connectivity index (χ4v) is 1.76. The van der Waals surface area contributed by atoms with Crippen LogP contribution in [0.15, 0.2) is 5.16 Å². The Morgan fingerprint density at radius 2 is 2.11 bits per heavy atom. The highest BCUT2D eigenvalue weighted by Crippen LogP contribution is 2.45. The average Bonchev–Trinajstić information content (AvgIpc) is 3.22. The zero-order valence-corrected chi connectivity index (χ0v) is 11.4. The van der Waals surface area contributed by atoms with Gasteiger partial charge in [-0.15, -0.1) is 0 Å². The molecule has 4 N–H and O–H groups in total. The zero-order valence-electron chi connectivity index (χ0n) is 11.4. The van der Waals surface area contributed by atoms with Crippen LogP contribution in [0.3, 0.4) is 0 Å². The number of nitrogens with zero attached hydrogens (tertiary/aromatic N) is 1. The Hall–Kier alpha value is -1.34. The number of amidine groups is 1. The number of hydrogen-bond acceptors (Lipinski definition) is 5. The van der Waals surface area contributed by atoms with Gasteiger partial charge in [-0.05, 0) is 25.7 Å². The molecule has 1 fully saturated rings. The van der Waals surface area contributed by atoms with Crippen LogP contribution in [0, 0.1) is 5.41 Å². The molecule has 0 atom stereocenters. The number of methoxy groups -OCH3 is 1. The second kappa shape index (κ2) is 7.96. The van der Waals surface area contributed by atoms with E-state index in [1.165, 1.54) is 0 Å². The summed E-state index contributed by atoms with van der Waals surface area (Å²) in [5, 5.41) is 14.4. The number of carbonyl (C=O) groups excluding carboxylic acids is 1. The fraction of sp³-hybridized carbons (Fsp3) is 0.833. The van der Waals surface area contributed by atoms with Crippen LogP contribution in [0.4, 0.5) is 0 Å². The first kappa shape index (κ1) is 15.7. The molecular formula is C12H23N3O4. The van der Waals surface area contributed by atoms with Crippen molar-refractivity contribution in [2.45, 2.75) is 25.7 Å². The molecule has 0 aromatic carbocycles. The van der Waals surface area contributed by atoms with Crippen molar-refractivity contribution in [3.8, 4) is 0 Å². The van der Waals surface area contributed by atoms with E-state index >= 15 is 0 Å². The van der Waals surface area contributed by atoms with Gasteiger partial charge in [-0.1, -0.05) is 5.16 Å². The summed E-state index contributed by atoms with van der Waals surface area (Å²) >= 11 is 0. The number of nitrogens with two attached hydrogens (primary N) is 1. The molecule has 19 heavy (non-hydrogen) atoms. The first-order valence-corrected chi connectivity index (χ1v) is 6.50. The molecule has 110 valence electrons. The van der Waals surface area contributed by atoms with E-state index in [-0.39, 0.29) is 11.7 Å². The predicted octanol–water partition coefficient (Wildman–Crippen LogP) is 0.0724. The van der Waals surface area contributed by atoms with Crippen LogP contribution in [0.2, 0.25) is 0 Å². The fourth-order valence-electron chi connectivity index (χ4n) is 1.76. The van der Waals surface area contributed by atoms with Crippen molar-refractivity contribution in [1.29, 1.82) is 0 Å². The topological polar surface area (TPSA) is 106 Å². The first-order valence-electron chi connectivity index (χ1n) is 6.50. The Kier molecular flexibility index (Phi) is 6.58. The van der Waals surface area contributed by atoms with Gasteiger partial charge in [0.05, 0.1) is 13.2 Å². The summed E-state index contributed by atoms with van der Waals surface area (Å²) in [4.78, 5) is 11.9. The molecule has 0 aromatic rings. The van der Waals surface area contributed by atoms with Gasteiger partial charge < -0.3 is 25.7 Å². The summed E-state index contributed by atoms with van der Waals surface area (Å²) in [6, 6.07) is 0. The van der Waals surface area contributed by atoms with Gasteiger partial charge in [-0.25, -0.2) is 0 Å². The van der Waals surface area contributed by atoms with E-state index in [1.807, 2.05) is 0 Å². The second-order valence-corrected chi connectivity index (χ2v) is 4.64. The number of carbonyl (C=O) groups is 1. The highest BCUT2D eigenvalue weighted by atomic mass is 16.5. The normalized spacial score (nSPS) is 17.2. The van der Waals surface area contributed by atoms with Crippen molar-refractivity contribution >= 4 is 11.7 Å². The molecule has 1 aliphatic rings. The van der Waals surface area contributed by atoms with Crippen molar-refractivity contribution in [2.75, 3.05) is 33.5 Å². The Balaban J connectivity index is 2.05. The maximum Gasteiger partial charge on any atom is 0.233 e. The summed E-state index contributed by atoms with van der Waals surface area (Å²) in [7, 11) is 1.63. The van der Waals surface area contributed by atoms with Crippen LogP contribution >= 0.6 is 0 Å². The monoisotopic (exact) mass is 273 g/mol. The summed E-state index contributed by atoms with van der Waals surface area (Å²) in [5.41, 5.74) is 4.76. The highest BCUT2D eigenvalue weighted by molar-refractivity contribution is 6.09. The molecular weight excluding hydrogens is 250 g/mol. The van der Waals surface area contributed by atoms with Crippen molar-refractivity contribution in [3.05, 3.63) is 0 Å². The van der Waals surface area contributed by atoms with E-state index in [2.05, 4.69) is 10.5 Å². The zero-order chi connectivity index (χ0) is 14.1. The van der Waals surface area contributed by atoms with E-state index in [9.17, 15) is 4.79 Å². The van der Waals surface area contributed by atoms with E-state index in [0.717, 1.165) is 12.8 Å². The Bertz CT molecular complexity index is 316. The van der Waals surface area contributed by atoms with Gasteiger partial charge in [0.2, 0.25) is 5.91 Å². The molecule has 1 saturated carbocycles. The molecule has 0 radical (unpaired) electrons. The third kappa shape index (κ3) is 4.68. The lowest BCUT2D eigenvalue weighted by Gasteiger charge is -2.13. The first-order chi connectivity index (χ1) is 9.17.